The molecule has 0 saturated heterocycles. The van der Waals surface area contributed by atoms with E-state index in [0.717, 1.165) is 38.2 Å². The lowest BCUT2D eigenvalue weighted by Gasteiger charge is -2.23. The minimum Gasteiger partial charge on any atom is -0.437 e. The molecule has 0 atom stereocenters. The molecule has 0 radical (unpaired) electrons. The molecule has 34 heavy (non-hydrogen) atoms. The van der Waals surface area contributed by atoms with E-state index in [1.165, 1.54) is 0 Å². The van der Waals surface area contributed by atoms with Crippen molar-refractivity contribution < 1.29 is 4.42 Å². The zero-order chi connectivity index (χ0) is 22.6. The predicted molar refractivity (Wildman–Crippen MR) is 136 cm³/mol. The van der Waals surface area contributed by atoms with Crippen LogP contribution in [0.4, 0.5) is 16.4 Å². The second kappa shape index (κ2) is 7.26. The van der Waals surface area contributed by atoms with E-state index in [4.69, 9.17) is 14.8 Å². The van der Waals surface area contributed by atoms with Crippen molar-refractivity contribution in [3.05, 3.63) is 102 Å². The second-order valence-corrected chi connectivity index (χ2v) is 8.93. The molecule has 0 fully saturated rings. The van der Waals surface area contributed by atoms with Gasteiger partial charge in [-0.05, 0) is 60.0 Å². The Kier molecular flexibility index (Phi) is 4.06. The minimum atomic E-state index is 0.0972. The zero-order valence-corrected chi connectivity index (χ0v) is 18.7. The van der Waals surface area contributed by atoms with Gasteiger partial charge in [-0.15, -0.1) is 11.3 Å². The van der Waals surface area contributed by atoms with Crippen LogP contribution in [0.5, 0.6) is 0 Å². The summed E-state index contributed by atoms with van der Waals surface area (Å²) in [6, 6.07) is 30.4. The van der Waals surface area contributed by atoms with Crippen molar-refractivity contribution in [1.82, 2.24) is 14.4 Å². The van der Waals surface area contributed by atoms with E-state index in [1.807, 2.05) is 60.7 Å². The van der Waals surface area contributed by atoms with E-state index in [1.54, 1.807) is 15.7 Å². The Labute approximate surface area is 197 Å². The Morgan fingerprint density at radius 3 is 2.53 bits per heavy atom. The molecule has 0 amide bonds. The molecule has 7 aromatic rings. The van der Waals surface area contributed by atoms with Gasteiger partial charge in [-0.2, -0.15) is 4.98 Å². The van der Waals surface area contributed by atoms with Crippen LogP contribution in [-0.4, -0.2) is 14.4 Å². The number of fused-ring (bicyclic) bond motifs is 6. The topological polar surface area (TPSA) is 70.4 Å². The molecule has 6 nitrogen and oxygen atoms in total. The van der Waals surface area contributed by atoms with Gasteiger partial charge < -0.3 is 9.32 Å². The lowest BCUT2D eigenvalue weighted by Crippen LogP contribution is -2.16. The Morgan fingerprint density at radius 2 is 1.68 bits per heavy atom. The Morgan fingerprint density at radius 1 is 0.824 bits per heavy atom. The van der Waals surface area contributed by atoms with Crippen LogP contribution in [0.3, 0.4) is 0 Å². The van der Waals surface area contributed by atoms with E-state index in [2.05, 4.69) is 45.6 Å². The molecule has 7 rings (SSSR count). The maximum atomic E-state index is 8.51. The summed E-state index contributed by atoms with van der Waals surface area (Å²) in [6.07, 6.45) is 0. The summed E-state index contributed by atoms with van der Waals surface area (Å²) in [4.78, 5) is 11.4. The Hall–Kier alpha value is -4.49. The molecular weight excluding hydrogens is 442 g/mol. The number of nitrogens with one attached hydrogen (secondary N) is 1. The van der Waals surface area contributed by atoms with Gasteiger partial charge in [-0.25, -0.2) is 4.98 Å². The van der Waals surface area contributed by atoms with Crippen LogP contribution in [0.2, 0.25) is 0 Å². The largest absolute Gasteiger partial charge is 0.437 e. The molecule has 1 N–H and O–H groups in total. The molecule has 0 spiro atoms. The Balaban J connectivity index is 1.47. The normalized spacial score (nSPS) is 11.6. The fraction of sp³-hybridized carbons (Fsp3) is 0. The smallest absolute Gasteiger partial charge is 0.233 e. The van der Waals surface area contributed by atoms with Crippen LogP contribution in [-0.2, 0) is 0 Å². The molecule has 0 aliphatic heterocycles. The van der Waals surface area contributed by atoms with Gasteiger partial charge in [0.15, 0.2) is 5.65 Å². The first-order valence-corrected chi connectivity index (χ1v) is 11.7. The van der Waals surface area contributed by atoms with Gasteiger partial charge in [-0.3, -0.25) is 9.81 Å². The fourth-order valence-electron chi connectivity index (χ4n) is 4.43. The third-order valence-electron chi connectivity index (χ3n) is 5.95. The Bertz CT molecular complexity index is 1890. The summed E-state index contributed by atoms with van der Waals surface area (Å²) in [5.41, 5.74) is 5.63. The van der Waals surface area contributed by atoms with E-state index < -0.39 is 0 Å². The summed E-state index contributed by atoms with van der Waals surface area (Å²) in [7, 11) is 0. The summed E-state index contributed by atoms with van der Waals surface area (Å²) < 4.78 is 8.03. The highest BCUT2D eigenvalue weighted by Crippen LogP contribution is 2.38. The molecule has 3 aromatic carbocycles. The van der Waals surface area contributed by atoms with Crippen molar-refractivity contribution in [1.29, 1.82) is 5.41 Å². The number of para-hydroxylation sites is 3. The van der Waals surface area contributed by atoms with Crippen LogP contribution >= 0.6 is 11.3 Å². The highest BCUT2D eigenvalue weighted by atomic mass is 32.1. The van der Waals surface area contributed by atoms with Gasteiger partial charge in [0, 0.05) is 17.1 Å². The van der Waals surface area contributed by atoms with Crippen LogP contribution in [0.25, 0.3) is 38.7 Å². The van der Waals surface area contributed by atoms with Crippen molar-refractivity contribution in [3.8, 4) is 0 Å². The molecule has 7 heteroatoms. The number of benzene rings is 3. The number of thiophene rings is 1. The van der Waals surface area contributed by atoms with Gasteiger partial charge in [0.2, 0.25) is 11.3 Å². The summed E-state index contributed by atoms with van der Waals surface area (Å²) in [5.74, 6) is 0. The maximum absolute atomic E-state index is 8.51. The predicted octanol–water partition coefficient (Wildman–Crippen LogP) is 6.79. The number of rotatable bonds is 3. The standard InChI is InChI=1S/C27H17N5OS/c28-27-30-26-20(25-29-21-9-4-5-10-22(21)32(25)27)15-17-12-13-19(16-23(17)33-26)31(24-11-6-14-34-24)18-7-2-1-3-8-18/h1-16,28H. The molecule has 162 valence electrons. The highest BCUT2D eigenvalue weighted by Gasteiger charge is 2.16. The molecule has 0 saturated carbocycles. The number of imidazole rings is 1. The average Bonchev–Trinajstić information content (AvgIpc) is 3.53. The quantitative estimate of drug-likeness (QED) is 0.295. The lowest BCUT2D eigenvalue weighted by molar-refractivity contribution is 0.639. The van der Waals surface area contributed by atoms with E-state index >= 15 is 0 Å². The van der Waals surface area contributed by atoms with Crippen molar-refractivity contribution in [2.45, 2.75) is 0 Å². The molecule has 0 unspecified atom stereocenters. The summed E-state index contributed by atoms with van der Waals surface area (Å²) >= 11 is 1.68. The van der Waals surface area contributed by atoms with Gasteiger partial charge in [0.1, 0.15) is 5.58 Å². The van der Waals surface area contributed by atoms with Crippen LogP contribution < -0.4 is 10.5 Å². The first kappa shape index (κ1) is 19.0. The van der Waals surface area contributed by atoms with Crippen molar-refractivity contribution >= 4 is 66.5 Å². The molecule has 4 aromatic heterocycles. The number of hydrogen-bond donors (Lipinski definition) is 1. The first-order valence-electron chi connectivity index (χ1n) is 10.8. The van der Waals surface area contributed by atoms with Gasteiger partial charge in [0.25, 0.3) is 0 Å². The number of aromatic nitrogens is 3. The lowest BCUT2D eigenvalue weighted by atomic mass is 10.1. The number of hydrogen-bond acceptors (Lipinski definition) is 6. The minimum absolute atomic E-state index is 0.0972. The monoisotopic (exact) mass is 459 g/mol. The van der Waals surface area contributed by atoms with E-state index in [0.29, 0.717) is 16.9 Å². The SMILES string of the molecule is N=c1nc2oc3cc(N(c4ccccc4)c4cccs4)ccc3cc2c2nc3ccccc3n12. The molecule has 0 aliphatic carbocycles. The van der Waals surface area contributed by atoms with Gasteiger partial charge in [-0.1, -0.05) is 30.3 Å². The van der Waals surface area contributed by atoms with Gasteiger partial charge in [0.05, 0.1) is 27.1 Å². The highest BCUT2D eigenvalue weighted by molar-refractivity contribution is 7.14. The van der Waals surface area contributed by atoms with Crippen LogP contribution in [0.1, 0.15) is 0 Å². The zero-order valence-electron chi connectivity index (χ0n) is 17.8. The summed E-state index contributed by atoms with van der Waals surface area (Å²) in [6.45, 7) is 0. The molecular formula is C27H17N5OS. The van der Waals surface area contributed by atoms with Crippen molar-refractivity contribution in [2.75, 3.05) is 4.90 Å². The maximum Gasteiger partial charge on any atom is 0.233 e. The number of anilines is 3. The summed E-state index contributed by atoms with van der Waals surface area (Å²) in [5, 5.41) is 13.4. The van der Waals surface area contributed by atoms with Crippen molar-refractivity contribution in [3.63, 3.8) is 0 Å². The fourth-order valence-corrected chi connectivity index (χ4v) is 5.20. The molecule has 0 bridgehead atoms. The van der Waals surface area contributed by atoms with E-state index in [-0.39, 0.29) is 5.62 Å². The van der Waals surface area contributed by atoms with Crippen LogP contribution in [0, 0.1) is 5.41 Å². The van der Waals surface area contributed by atoms with Gasteiger partial charge >= 0.3 is 0 Å². The third kappa shape index (κ3) is 2.84. The van der Waals surface area contributed by atoms with E-state index in [9.17, 15) is 0 Å². The third-order valence-corrected chi connectivity index (χ3v) is 6.81. The molecule has 4 heterocycles. The van der Waals surface area contributed by atoms with Crippen LogP contribution in [0.15, 0.2) is 101 Å². The second-order valence-electron chi connectivity index (χ2n) is 8.00. The van der Waals surface area contributed by atoms with Crippen molar-refractivity contribution in [2.24, 2.45) is 0 Å². The first-order chi connectivity index (χ1) is 16.8. The molecule has 0 aliphatic rings. The average molecular weight is 460 g/mol. The number of nitrogens with zero attached hydrogens (tertiary/aromatic N) is 4.